The molecule has 6 heteroatoms. The largest absolute Gasteiger partial charge is 0.452 e. The molecule has 4 saturated carbocycles. The van der Waals surface area contributed by atoms with Gasteiger partial charge in [0.25, 0.3) is 5.91 Å². The standard InChI is InChI=1S/C17H26N2O4/c1-8(2)14(15(20)19-17(18)22)23-16(21)13-11-4-9-3-10(6-11)7-12(13)5-9/h8-14H,3-7H2,1-2H3,(H3,18,19,20,22)/t9?,10?,11?,12?,13?,14-/m0/s1. The van der Waals surface area contributed by atoms with Gasteiger partial charge in [-0.3, -0.25) is 14.9 Å². The van der Waals surface area contributed by atoms with Crippen LogP contribution in [0.2, 0.25) is 0 Å². The van der Waals surface area contributed by atoms with Crippen LogP contribution in [0, 0.1) is 35.5 Å². The molecule has 6 nitrogen and oxygen atoms in total. The van der Waals surface area contributed by atoms with Gasteiger partial charge >= 0.3 is 12.0 Å². The van der Waals surface area contributed by atoms with E-state index in [1.807, 2.05) is 5.32 Å². The number of nitrogens with two attached hydrogens (primary N) is 1. The number of esters is 1. The van der Waals surface area contributed by atoms with Crippen molar-refractivity contribution in [1.82, 2.24) is 5.32 Å². The fourth-order valence-electron chi connectivity index (χ4n) is 5.20. The number of urea groups is 1. The first-order valence-electron chi connectivity index (χ1n) is 8.66. The van der Waals surface area contributed by atoms with E-state index in [1.165, 1.54) is 6.42 Å². The molecule has 0 aromatic rings. The molecule has 0 saturated heterocycles. The van der Waals surface area contributed by atoms with E-state index in [2.05, 4.69) is 0 Å². The molecule has 0 aromatic heterocycles. The van der Waals surface area contributed by atoms with E-state index in [0.717, 1.165) is 37.5 Å². The summed E-state index contributed by atoms with van der Waals surface area (Å²) in [5, 5.41) is 2.02. The summed E-state index contributed by atoms with van der Waals surface area (Å²) in [7, 11) is 0. The van der Waals surface area contributed by atoms with Crippen molar-refractivity contribution in [3.8, 4) is 0 Å². The summed E-state index contributed by atoms with van der Waals surface area (Å²) < 4.78 is 5.54. The second-order valence-corrected chi connectivity index (χ2v) is 7.91. The minimum Gasteiger partial charge on any atom is -0.452 e. The monoisotopic (exact) mass is 322 g/mol. The lowest BCUT2D eigenvalue weighted by Crippen LogP contribution is -2.51. The Morgan fingerprint density at radius 2 is 1.52 bits per heavy atom. The van der Waals surface area contributed by atoms with Crippen LogP contribution < -0.4 is 11.1 Å². The summed E-state index contributed by atoms with van der Waals surface area (Å²) in [6.45, 7) is 3.57. The fourth-order valence-corrected chi connectivity index (χ4v) is 5.20. The molecule has 0 aliphatic heterocycles. The minimum atomic E-state index is -0.966. The SMILES string of the molecule is CC(C)[C@H](OC(=O)C1C2CC3CC(C2)CC1C3)C(=O)NC(N)=O. The van der Waals surface area contributed by atoms with Gasteiger partial charge in [-0.1, -0.05) is 13.8 Å². The molecule has 4 rings (SSSR count). The van der Waals surface area contributed by atoms with Crippen LogP contribution in [-0.4, -0.2) is 24.0 Å². The Kier molecular flexibility index (Phi) is 4.34. The highest BCUT2D eigenvalue weighted by atomic mass is 16.5. The lowest BCUT2D eigenvalue weighted by atomic mass is 9.52. The number of nitrogens with one attached hydrogen (secondary N) is 1. The Hall–Kier alpha value is -1.59. The van der Waals surface area contributed by atoms with Gasteiger partial charge in [-0.05, 0) is 61.7 Å². The van der Waals surface area contributed by atoms with Gasteiger partial charge in [-0.15, -0.1) is 0 Å². The lowest BCUT2D eigenvalue weighted by molar-refractivity contribution is -0.173. The highest BCUT2D eigenvalue weighted by Crippen LogP contribution is 2.56. The third-order valence-corrected chi connectivity index (χ3v) is 5.85. The van der Waals surface area contributed by atoms with Gasteiger partial charge in [0.15, 0.2) is 6.10 Å². The molecule has 0 spiro atoms. The molecular formula is C17H26N2O4. The Labute approximate surface area is 136 Å². The van der Waals surface area contributed by atoms with Crippen LogP contribution in [0.25, 0.3) is 0 Å². The van der Waals surface area contributed by atoms with E-state index < -0.39 is 18.0 Å². The van der Waals surface area contributed by atoms with Gasteiger partial charge in [0, 0.05) is 0 Å². The number of amides is 3. The molecule has 4 bridgehead atoms. The highest BCUT2D eigenvalue weighted by Gasteiger charge is 2.52. The molecular weight excluding hydrogens is 296 g/mol. The van der Waals surface area contributed by atoms with Crippen molar-refractivity contribution in [1.29, 1.82) is 0 Å². The maximum Gasteiger partial charge on any atom is 0.318 e. The Balaban J connectivity index is 1.67. The summed E-state index contributed by atoms with van der Waals surface area (Å²) in [6.07, 6.45) is 4.83. The van der Waals surface area contributed by atoms with Crippen LogP contribution in [0.5, 0.6) is 0 Å². The van der Waals surface area contributed by atoms with Crippen molar-refractivity contribution >= 4 is 17.9 Å². The van der Waals surface area contributed by atoms with Crippen LogP contribution in [-0.2, 0) is 14.3 Å². The number of rotatable bonds is 4. The first kappa shape index (κ1) is 16.3. The van der Waals surface area contributed by atoms with Gasteiger partial charge in [-0.2, -0.15) is 0 Å². The number of ether oxygens (including phenoxy) is 1. The van der Waals surface area contributed by atoms with Gasteiger partial charge in [0.05, 0.1) is 5.92 Å². The van der Waals surface area contributed by atoms with E-state index in [0.29, 0.717) is 11.8 Å². The van der Waals surface area contributed by atoms with Crippen LogP contribution in [0.15, 0.2) is 0 Å². The van der Waals surface area contributed by atoms with Gasteiger partial charge in [-0.25, -0.2) is 4.79 Å². The first-order valence-corrected chi connectivity index (χ1v) is 8.66. The lowest BCUT2D eigenvalue weighted by Gasteiger charge is -2.53. The van der Waals surface area contributed by atoms with E-state index in [4.69, 9.17) is 10.5 Å². The molecule has 0 unspecified atom stereocenters. The van der Waals surface area contributed by atoms with E-state index in [-0.39, 0.29) is 17.8 Å². The highest BCUT2D eigenvalue weighted by molar-refractivity contribution is 5.96. The quantitative estimate of drug-likeness (QED) is 0.771. The first-order chi connectivity index (χ1) is 10.8. The second-order valence-electron chi connectivity index (χ2n) is 7.91. The van der Waals surface area contributed by atoms with E-state index >= 15 is 0 Å². The van der Waals surface area contributed by atoms with Gasteiger partial charge in [0.2, 0.25) is 0 Å². The Morgan fingerprint density at radius 3 is 1.96 bits per heavy atom. The molecule has 23 heavy (non-hydrogen) atoms. The normalized spacial score (nSPS) is 35.9. The van der Waals surface area contributed by atoms with Crippen LogP contribution >= 0.6 is 0 Å². The van der Waals surface area contributed by atoms with Crippen molar-refractivity contribution in [3.05, 3.63) is 0 Å². The number of hydrogen-bond acceptors (Lipinski definition) is 4. The zero-order valence-electron chi connectivity index (χ0n) is 13.8. The Bertz CT molecular complexity index is 489. The summed E-state index contributed by atoms with van der Waals surface area (Å²) in [5.74, 6) is 1.18. The molecule has 0 heterocycles. The van der Waals surface area contributed by atoms with Gasteiger partial charge < -0.3 is 10.5 Å². The van der Waals surface area contributed by atoms with E-state index in [9.17, 15) is 14.4 Å². The average molecular weight is 322 g/mol. The van der Waals surface area contributed by atoms with Crippen LogP contribution in [0.1, 0.15) is 46.0 Å². The number of carbonyl (C=O) groups excluding carboxylic acids is 3. The van der Waals surface area contributed by atoms with Crippen molar-refractivity contribution < 1.29 is 19.1 Å². The van der Waals surface area contributed by atoms with Crippen LogP contribution in [0.3, 0.4) is 0 Å². The summed E-state index contributed by atoms with van der Waals surface area (Å²) in [5.41, 5.74) is 4.99. The predicted molar refractivity (Wildman–Crippen MR) is 83.0 cm³/mol. The summed E-state index contributed by atoms with van der Waals surface area (Å²) in [4.78, 5) is 35.6. The fraction of sp³-hybridized carbons (Fsp3) is 0.824. The molecule has 4 aliphatic carbocycles. The average Bonchev–Trinajstić information content (AvgIpc) is 2.42. The predicted octanol–water partition coefficient (Wildman–Crippen LogP) is 1.82. The number of carbonyl (C=O) groups is 3. The third-order valence-electron chi connectivity index (χ3n) is 5.85. The zero-order valence-corrected chi connectivity index (χ0v) is 13.8. The van der Waals surface area contributed by atoms with Crippen molar-refractivity contribution in [2.45, 2.75) is 52.1 Å². The molecule has 128 valence electrons. The third kappa shape index (κ3) is 3.21. The zero-order chi connectivity index (χ0) is 16.7. The summed E-state index contributed by atoms with van der Waals surface area (Å²) >= 11 is 0. The topological polar surface area (TPSA) is 98.5 Å². The maximum atomic E-state index is 12.7. The molecule has 0 aromatic carbocycles. The molecule has 3 N–H and O–H groups in total. The molecule has 0 radical (unpaired) electrons. The molecule has 4 aliphatic rings. The number of primary amides is 1. The molecule has 1 atom stereocenters. The second kappa shape index (κ2) is 6.13. The smallest absolute Gasteiger partial charge is 0.318 e. The van der Waals surface area contributed by atoms with Crippen molar-refractivity contribution in [3.63, 3.8) is 0 Å². The Morgan fingerprint density at radius 1 is 1.00 bits per heavy atom. The van der Waals surface area contributed by atoms with Crippen molar-refractivity contribution in [2.24, 2.45) is 41.2 Å². The summed E-state index contributed by atoms with van der Waals surface area (Å²) in [6, 6.07) is -0.925. The van der Waals surface area contributed by atoms with Gasteiger partial charge in [0.1, 0.15) is 0 Å². The number of hydrogen-bond donors (Lipinski definition) is 2. The number of imide groups is 1. The molecule has 3 amide bonds. The maximum absolute atomic E-state index is 12.7. The minimum absolute atomic E-state index is 0.0783. The van der Waals surface area contributed by atoms with Crippen LogP contribution in [0.4, 0.5) is 4.79 Å². The van der Waals surface area contributed by atoms with Crippen molar-refractivity contribution in [2.75, 3.05) is 0 Å². The van der Waals surface area contributed by atoms with E-state index in [1.54, 1.807) is 13.8 Å². The molecule has 4 fully saturated rings.